The Bertz CT molecular complexity index is 1530. The minimum absolute atomic E-state index is 0.250. The second kappa shape index (κ2) is 8.88. The SMILES string of the molecule is N=Cc1c(N)cc(-c2cccc3[nH]ccc23)cc1NC(=O)c1ccn(Cc2ccccc2Cl)n1. The van der Waals surface area contributed by atoms with Crippen LogP contribution in [-0.4, -0.2) is 26.9 Å². The van der Waals surface area contributed by atoms with Crippen molar-refractivity contribution in [3.8, 4) is 11.1 Å². The molecule has 5 rings (SSSR count). The first kappa shape index (κ1) is 21.5. The molecule has 0 aliphatic carbocycles. The number of nitrogens with two attached hydrogens (primary N) is 1. The van der Waals surface area contributed by atoms with E-state index < -0.39 is 5.91 Å². The summed E-state index contributed by atoms with van der Waals surface area (Å²) in [5.41, 5.74) is 11.5. The number of aromatic nitrogens is 3. The van der Waals surface area contributed by atoms with Gasteiger partial charge in [0.15, 0.2) is 5.69 Å². The van der Waals surface area contributed by atoms with E-state index in [1.165, 1.54) is 0 Å². The smallest absolute Gasteiger partial charge is 0.276 e. The highest BCUT2D eigenvalue weighted by atomic mass is 35.5. The highest BCUT2D eigenvalue weighted by molar-refractivity contribution is 6.31. The number of nitrogens with zero attached hydrogens (tertiary/aromatic N) is 2. The number of nitrogen functional groups attached to an aromatic ring is 1. The van der Waals surface area contributed by atoms with E-state index in [0.717, 1.165) is 33.8 Å². The van der Waals surface area contributed by atoms with Crippen molar-refractivity contribution >= 4 is 46.0 Å². The van der Waals surface area contributed by atoms with Crippen LogP contribution in [0.3, 0.4) is 0 Å². The summed E-state index contributed by atoms with van der Waals surface area (Å²) in [5, 5.41) is 16.8. The van der Waals surface area contributed by atoms with Crippen molar-refractivity contribution in [2.75, 3.05) is 11.1 Å². The van der Waals surface area contributed by atoms with Crippen molar-refractivity contribution in [2.24, 2.45) is 0 Å². The molecule has 0 radical (unpaired) electrons. The van der Waals surface area contributed by atoms with Gasteiger partial charge in [-0.15, -0.1) is 0 Å². The summed E-state index contributed by atoms with van der Waals surface area (Å²) < 4.78 is 1.66. The Kier molecular flexibility index (Phi) is 5.61. The number of hydrogen-bond acceptors (Lipinski definition) is 4. The lowest BCUT2D eigenvalue weighted by Gasteiger charge is -2.13. The molecule has 0 atom stereocenters. The maximum absolute atomic E-state index is 13.0. The quantitative estimate of drug-likeness (QED) is 0.193. The number of aromatic amines is 1. The van der Waals surface area contributed by atoms with Gasteiger partial charge in [0, 0.05) is 45.8 Å². The zero-order valence-electron chi connectivity index (χ0n) is 18.0. The number of rotatable bonds is 6. The minimum Gasteiger partial charge on any atom is -0.398 e. The molecule has 5 N–H and O–H groups in total. The van der Waals surface area contributed by atoms with E-state index >= 15 is 0 Å². The number of H-pyrrole nitrogens is 1. The zero-order chi connectivity index (χ0) is 23.7. The van der Waals surface area contributed by atoms with Gasteiger partial charge >= 0.3 is 0 Å². The normalized spacial score (nSPS) is 11.0. The van der Waals surface area contributed by atoms with E-state index in [-0.39, 0.29) is 5.69 Å². The van der Waals surface area contributed by atoms with Gasteiger partial charge in [-0.2, -0.15) is 5.10 Å². The molecule has 0 unspecified atom stereocenters. The molecule has 5 aromatic rings. The zero-order valence-corrected chi connectivity index (χ0v) is 18.8. The molecule has 34 heavy (non-hydrogen) atoms. The Morgan fingerprint density at radius 3 is 2.82 bits per heavy atom. The summed E-state index contributed by atoms with van der Waals surface area (Å²) in [6.07, 6.45) is 4.75. The van der Waals surface area contributed by atoms with E-state index in [9.17, 15) is 4.79 Å². The third-order valence-corrected chi connectivity index (χ3v) is 6.04. The van der Waals surface area contributed by atoms with Crippen molar-refractivity contribution in [1.82, 2.24) is 14.8 Å². The van der Waals surface area contributed by atoms with Crippen molar-refractivity contribution < 1.29 is 4.79 Å². The number of anilines is 2. The molecule has 0 bridgehead atoms. The molecular formula is C26H21ClN6O. The molecule has 7 nitrogen and oxygen atoms in total. The number of nitrogens with one attached hydrogen (secondary N) is 3. The maximum atomic E-state index is 13.0. The van der Waals surface area contributed by atoms with Crippen LogP contribution in [0, 0.1) is 5.41 Å². The number of fused-ring (bicyclic) bond motifs is 1. The third-order valence-electron chi connectivity index (χ3n) is 5.67. The van der Waals surface area contributed by atoms with Crippen LogP contribution in [0.1, 0.15) is 21.6 Å². The first-order valence-corrected chi connectivity index (χ1v) is 11.0. The molecule has 168 valence electrons. The van der Waals surface area contributed by atoms with Crippen molar-refractivity contribution in [3.63, 3.8) is 0 Å². The predicted octanol–water partition coefficient (Wildman–Crippen LogP) is 5.57. The number of amides is 1. The van der Waals surface area contributed by atoms with E-state index in [0.29, 0.717) is 28.5 Å². The largest absolute Gasteiger partial charge is 0.398 e. The summed E-state index contributed by atoms with van der Waals surface area (Å²) in [6, 6.07) is 20.7. The molecule has 3 aromatic carbocycles. The fourth-order valence-electron chi connectivity index (χ4n) is 3.99. The predicted molar refractivity (Wildman–Crippen MR) is 137 cm³/mol. The molecule has 8 heteroatoms. The van der Waals surface area contributed by atoms with Crippen molar-refractivity contribution in [2.45, 2.75) is 6.54 Å². The summed E-state index contributed by atoms with van der Waals surface area (Å²) in [6.45, 7) is 0.446. The Morgan fingerprint density at radius 2 is 2.00 bits per heavy atom. The number of halogens is 1. The molecule has 0 aliphatic rings. The number of hydrogen-bond donors (Lipinski definition) is 4. The molecule has 0 aliphatic heterocycles. The number of carbonyl (C=O) groups excluding carboxylic acids is 1. The van der Waals surface area contributed by atoms with E-state index in [1.54, 1.807) is 16.9 Å². The Labute approximate surface area is 200 Å². The fourth-order valence-corrected chi connectivity index (χ4v) is 4.19. The fraction of sp³-hybridized carbons (Fsp3) is 0.0385. The van der Waals surface area contributed by atoms with Crippen LogP contribution in [0.4, 0.5) is 11.4 Å². The standard InChI is InChI=1S/C26H21ClN6O/c27-21-6-2-1-4-16(21)15-33-11-9-24(32-33)26(34)31-25-13-17(12-22(29)20(25)14-28)18-5-3-7-23-19(18)8-10-30-23/h1-14,28,30H,15,29H2,(H,31,34). The monoisotopic (exact) mass is 468 g/mol. The van der Waals surface area contributed by atoms with Crippen LogP contribution in [0.15, 0.2) is 79.1 Å². The molecule has 0 saturated carbocycles. The summed E-state index contributed by atoms with van der Waals surface area (Å²) >= 11 is 6.24. The molecule has 0 spiro atoms. The van der Waals surface area contributed by atoms with Gasteiger partial charge in [-0.05, 0) is 53.1 Å². The van der Waals surface area contributed by atoms with Gasteiger partial charge in [0.1, 0.15) is 0 Å². The van der Waals surface area contributed by atoms with Crippen molar-refractivity contribution in [1.29, 1.82) is 5.41 Å². The molecule has 2 aromatic heterocycles. The summed E-state index contributed by atoms with van der Waals surface area (Å²) in [5.74, 6) is -0.391. The molecule has 0 saturated heterocycles. The molecule has 0 fully saturated rings. The highest BCUT2D eigenvalue weighted by Crippen LogP contribution is 2.34. The Morgan fingerprint density at radius 1 is 1.15 bits per heavy atom. The summed E-state index contributed by atoms with van der Waals surface area (Å²) in [4.78, 5) is 16.2. The molecular weight excluding hydrogens is 448 g/mol. The molecule has 1 amide bonds. The van der Waals surface area contributed by atoms with Gasteiger partial charge in [0.2, 0.25) is 0 Å². The van der Waals surface area contributed by atoms with E-state index in [4.69, 9.17) is 22.7 Å². The first-order valence-electron chi connectivity index (χ1n) is 10.6. The van der Waals surface area contributed by atoms with Gasteiger partial charge in [0.25, 0.3) is 5.91 Å². The minimum atomic E-state index is -0.391. The average molecular weight is 469 g/mol. The summed E-state index contributed by atoms with van der Waals surface area (Å²) in [7, 11) is 0. The van der Waals surface area contributed by atoms with Crippen LogP contribution in [0.25, 0.3) is 22.0 Å². The van der Waals surface area contributed by atoms with Crippen LogP contribution < -0.4 is 11.1 Å². The van der Waals surface area contributed by atoms with Gasteiger partial charge in [-0.1, -0.05) is 41.9 Å². The van der Waals surface area contributed by atoms with Gasteiger partial charge in [0.05, 0.1) is 12.2 Å². The average Bonchev–Trinajstić information content (AvgIpc) is 3.50. The first-order chi connectivity index (χ1) is 16.5. The van der Waals surface area contributed by atoms with E-state index in [1.807, 2.05) is 66.9 Å². The van der Waals surface area contributed by atoms with Crippen LogP contribution >= 0.6 is 11.6 Å². The highest BCUT2D eigenvalue weighted by Gasteiger charge is 2.16. The number of benzene rings is 3. The van der Waals surface area contributed by atoms with E-state index in [2.05, 4.69) is 15.4 Å². The Balaban J connectivity index is 1.44. The lowest BCUT2D eigenvalue weighted by Crippen LogP contribution is -2.15. The van der Waals surface area contributed by atoms with Gasteiger partial charge < -0.3 is 21.4 Å². The Hall–Kier alpha value is -4.36. The van der Waals surface area contributed by atoms with Gasteiger partial charge in [-0.3, -0.25) is 9.48 Å². The topological polar surface area (TPSA) is 113 Å². The van der Waals surface area contributed by atoms with Crippen LogP contribution in [0.5, 0.6) is 0 Å². The van der Waals surface area contributed by atoms with Crippen LogP contribution in [0.2, 0.25) is 5.02 Å². The maximum Gasteiger partial charge on any atom is 0.276 e. The van der Waals surface area contributed by atoms with Gasteiger partial charge in [-0.25, -0.2) is 0 Å². The van der Waals surface area contributed by atoms with Crippen molar-refractivity contribution in [3.05, 3.63) is 101 Å². The molecule has 2 heterocycles. The lowest BCUT2D eigenvalue weighted by molar-refractivity contribution is 0.102. The second-order valence-electron chi connectivity index (χ2n) is 7.86. The second-order valence-corrected chi connectivity index (χ2v) is 8.27. The van der Waals surface area contributed by atoms with Crippen LogP contribution in [-0.2, 0) is 6.54 Å². The lowest BCUT2D eigenvalue weighted by atomic mass is 9.98. The number of carbonyl (C=O) groups is 1. The third kappa shape index (κ3) is 4.04.